The van der Waals surface area contributed by atoms with E-state index in [2.05, 4.69) is 15.4 Å². The van der Waals surface area contributed by atoms with E-state index in [0.29, 0.717) is 12.4 Å². The topological polar surface area (TPSA) is 62.5 Å². The molecule has 0 saturated carbocycles. The summed E-state index contributed by atoms with van der Waals surface area (Å²) < 4.78 is 1.80. The zero-order chi connectivity index (χ0) is 12.5. The van der Waals surface area contributed by atoms with Crippen LogP contribution in [0.15, 0.2) is 18.2 Å². The molecule has 0 aliphatic heterocycles. The highest BCUT2D eigenvalue weighted by molar-refractivity contribution is 5.45. The van der Waals surface area contributed by atoms with Gasteiger partial charge in [-0.3, -0.25) is 0 Å². The van der Waals surface area contributed by atoms with Crippen molar-refractivity contribution in [3.05, 3.63) is 23.9 Å². The predicted molar refractivity (Wildman–Crippen MR) is 67.1 cm³/mol. The number of hydrogen-bond acceptors (Lipinski definition) is 4. The Bertz CT molecular complexity index is 518. The van der Waals surface area contributed by atoms with Crippen LogP contribution in [0.3, 0.4) is 0 Å². The molecule has 17 heavy (non-hydrogen) atoms. The van der Waals surface area contributed by atoms with Gasteiger partial charge in [-0.05, 0) is 39.3 Å². The average Bonchev–Trinajstić information content (AvgIpc) is 2.60. The largest absolute Gasteiger partial charge is 0.396 e. The van der Waals surface area contributed by atoms with Crippen molar-refractivity contribution in [3.63, 3.8) is 0 Å². The molecule has 5 nitrogen and oxygen atoms in total. The number of aliphatic hydroxyl groups is 1. The molecule has 0 unspecified atom stereocenters. The number of fused-ring (bicyclic) bond motifs is 1. The molecule has 0 aromatic carbocycles. The highest BCUT2D eigenvalue weighted by atomic mass is 16.3. The van der Waals surface area contributed by atoms with Crippen LogP contribution in [0, 0.1) is 6.92 Å². The smallest absolute Gasteiger partial charge is 0.243 e. The van der Waals surface area contributed by atoms with Crippen LogP contribution in [0.4, 0.5) is 5.95 Å². The molecule has 5 heteroatoms. The Balaban J connectivity index is 2.28. The van der Waals surface area contributed by atoms with Crippen molar-refractivity contribution in [3.8, 4) is 0 Å². The third-order valence-electron chi connectivity index (χ3n) is 2.74. The Labute approximate surface area is 100 Å². The predicted octanol–water partition coefficient (Wildman–Crippen LogP) is 1.61. The second-order valence-electron chi connectivity index (χ2n) is 4.86. The quantitative estimate of drug-likeness (QED) is 0.843. The van der Waals surface area contributed by atoms with Gasteiger partial charge in [0.25, 0.3) is 0 Å². The van der Waals surface area contributed by atoms with Gasteiger partial charge in [-0.1, -0.05) is 6.07 Å². The van der Waals surface area contributed by atoms with Gasteiger partial charge in [0.2, 0.25) is 5.95 Å². The maximum absolute atomic E-state index is 8.98. The van der Waals surface area contributed by atoms with E-state index in [9.17, 15) is 0 Å². The van der Waals surface area contributed by atoms with Crippen LogP contribution < -0.4 is 5.32 Å². The molecule has 0 radical (unpaired) electrons. The molecular weight excluding hydrogens is 216 g/mol. The lowest BCUT2D eigenvalue weighted by molar-refractivity contribution is 0.260. The lowest BCUT2D eigenvalue weighted by Gasteiger charge is -2.24. The number of aliphatic hydroxyl groups excluding tert-OH is 1. The van der Waals surface area contributed by atoms with Gasteiger partial charge in [0.1, 0.15) is 0 Å². The van der Waals surface area contributed by atoms with Crippen molar-refractivity contribution < 1.29 is 5.11 Å². The third kappa shape index (κ3) is 2.55. The minimum absolute atomic E-state index is 0.145. The van der Waals surface area contributed by atoms with Crippen LogP contribution in [0.1, 0.15) is 26.0 Å². The molecule has 2 N–H and O–H groups in total. The molecule has 2 heterocycles. The average molecular weight is 234 g/mol. The van der Waals surface area contributed by atoms with Crippen LogP contribution in [-0.4, -0.2) is 31.9 Å². The normalized spacial score (nSPS) is 12.0. The highest BCUT2D eigenvalue weighted by Gasteiger charge is 2.18. The van der Waals surface area contributed by atoms with E-state index in [-0.39, 0.29) is 12.1 Å². The van der Waals surface area contributed by atoms with Crippen molar-refractivity contribution in [2.24, 2.45) is 0 Å². The molecule has 0 spiro atoms. The molecular formula is C12H18N4O. The van der Waals surface area contributed by atoms with Gasteiger partial charge < -0.3 is 10.4 Å². The number of hydrogen-bond donors (Lipinski definition) is 2. The van der Waals surface area contributed by atoms with E-state index < -0.39 is 0 Å². The lowest BCUT2D eigenvalue weighted by atomic mass is 10.0. The summed E-state index contributed by atoms with van der Waals surface area (Å²) >= 11 is 0. The highest BCUT2D eigenvalue weighted by Crippen LogP contribution is 2.16. The molecule has 0 bridgehead atoms. The molecule has 0 fully saturated rings. The Morgan fingerprint density at radius 3 is 2.82 bits per heavy atom. The van der Waals surface area contributed by atoms with Gasteiger partial charge >= 0.3 is 0 Å². The van der Waals surface area contributed by atoms with Crippen molar-refractivity contribution in [2.45, 2.75) is 32.7 Å². The van der Waals surface area contributed by atoms with E-state index in [1.807, 2.05) is 39.0 Å². The number of nitrogens with one attached hydrogen (secondary N) is 1. The minimum Gasteiger partial charge on any atom is -0.396 e. The summed E-state index contributed by atoms with van der Waals surface area (Å²) in [5, 5.41) is 16.6. The molecule has 92 valence electrons. The van der Waals surface area contributed by atoms with Crippen LogP contribution in [0.25, 0.3) is 5.65 Å². The maximum Gasteiger partial charge on any atom is 0.243 e. The Kier molecular flexibility index (Phi) is 3.02. The summed E-state index contributed by atoms with van der Waals surface area (Å²) in [7, 11) is 0. The number of rotatable bonds is 4. The SMILES string of the molecule is Cc1cccc2nc(NC(C)(C)CCO)nn12. The summed E-state index contributed by atoms with van der Waals surface area (Å²) in [5.74, 6) is 0.595. The van der Waals surface area contributed by atoms with E-state index in [4.69, 9.17) is 5.11 Å². The first-order valence-electron chi connectivity index (χ1n) is 5.73. The van der Waals surface area contributed by atoms with E-state index >= 15 is 0 Å². The van der Waals surface area contributed by atoms with Crippen LogP contribution in [0.2, 0.25) is 0 Å². The number of anilines is 1. The molecule has 0 aliphatic carbocycles. The zero-order valence-corrected chi connectivity index (χ0v) is 10.4. The zero-order valence-electron chi connectivity index (χ0n) is 10.4. The summed E-state index contributed by atoms with van der Waals surface area (Å²) in [4.78, 5) is 4.40. The molecule has 2 aromatic rings. The number of pyridine rings is 1. The van der Waals surface area contributed by atoms with Crippen LogP contribution in [-0.2, 0) is 0 Å². The summed E-state index contributed by atoms with van der Waals surface area (Å²) in [5.41, 5.74) is 1.66. The van der Waals surface area contributed by atoms with Crippen LogP contribution >= 0.6 is 0 Å². The molecule has 0 aliphatic rings. The Morgan fingerprint density at radius 2 is 2.18 bits per heavy atom. The summed E-state index contributed by atoms with van der Waals surface area (Å²) in [6.45, 7) is 6.17. The van der Waals surface area contributed by atoms with E-state index in [0.717, 1.165) is 11.3 Å². The maximum atomic E-state index is 8.98. The first kappa shape index (κ1) is 11.9. The number of aromatic nitrogens is 3. The van der Waals surface area contributed by atoms with Gasteiger partial charge in [0.15, 0.2) is 5.65 Å². The molecule has 2 aromatic heterocycles. The summed E-state index contributed by atoms with van der Waals surface area (Å²) in [6, 6.07) is 5.87. The Hall–Kier alpha value is -1.62. The van der Waals surface area contributed by atoms with Gasteiger partial charge in [0.05, 0.1) is 0 Å². The van der Waals surface area contributed by atoms with Gasteiger partial charge in [-0.25, -0.2) is 4.52 Å². The molecule has 2 rings (SSSR count). The second kappa shape index (κ2) is 4.33. The fraction of sp³-hybridized carbons (Fsp3) is 0.500. The fourth-order valence-electron chi connectivity index (χ4n) is 1.73. The molecule has 0 amide bonds. The van der Waals surface area contributed by atoms with Gasteiger partial charge in [0, 0.05) is 17.8 Å². The lowest BCUT2D eigenvalue weighted by Crippen LogP contribution is -2.32. The number of aryl methyl sites for hydroxylation is 1. The van der Waals surface area contributed by atoms with Gasteiger partial charge in [-0.2, -0.15) is 4.98 Å². The Morgan fingerprint density at radius 1 is 1.41 bits per heavy atom. The number of nitrogens with zero attached hydrogens (tertiary/aromatic N) is 3. The van der Waals surface area contributed by atoms with Crippen molar-refractivity contribution in [1.82, 2.24) is 14.6 Å². The van der Waals surface area contributed by atoms with Crippen LogP contribution in [0.5, 0.6) is 0 Å². The molecule has 0 atom stereocenters. The first-order chi connectivity index (χ1) is 8.02. The molecule has 0 saturated heterocycles. The minimum atomic E-state index is -0.215. The van der Waals surface area contributed by atoms with Crippen molar-refractivity contribution >= 4 is 11.6 Å². The standard InChI is InChI=1S/C12H18N4O/c1-9-5-4-6-10-13-11(15-16(9)10)14-12(2,3)7-8-17/h4-6,17H,7-8H2,1-3H3,(H,14,15). The van der Waals surface area contributed by atoms with E-state index in [1.54, 1.807) is 4.52 Å². The second-order valence-corrected chi connectivity index (χ2v) is 4.86. The summed E-state index contributed by atoms with van der Waals surface area (Å²) in [6.07, 6.45) is 0.654. The van der Waals surface area contributed by atoms with Crippen molar-refractivity contribution in [1.29, 1.82) is 0 Å². The fourth-order valence-corrected chi connectivity index (χ4v) is 1.73. The third-order valence-corrected chi connectivity index (χ3v) is 2.74. The monoisotopic (exact) mass is 234 g/mol. The van der Waals surface area contributed by atoms with E-state index in [1.165, 1.54) is 0 Å². The first-order valence-corrected chi connectivity index (χ1v) is 5.73. The van der Waals surface area contributed by atoms with Crippen molar-refractivity contribution in [2.75, 3.05) is 11.9 Å². The van der Waals surface area contributed by atoms with Gasteiger partial charge in [-0.15, -0.1) is 5.10 Å².